The van der Waals surface area contributed by atoms with Gasteiger partial charge in [-0.3, -0.25) is 4.52 Å². The van der Waals surface area contributed by atoms with Gasteiger partial charge in [0.05, 0.1) is 5.52 Å². The minimum absolute atomic E-state index is 0. The zero-order chi connectivity index (χ0) is 23.6. The number of rotatable bonds is 2. The Hall–Kier alpha value is -3.26. The molecule has 35 heavy (non-hydrogen) atoms. The summed E-state index contributed by atoms with van der Waals surface area (Å²) < 4.78 is 2.04. The van der Waals surface area contributed by atoms with Gasteiger partial charge in [0.1, 0.15) is 0 Å². The van der Waals surface area contributed by atoms with Crippen molar-refractivity contribution in [3.8, 4) is 22.3 Å². The third-order valence-electron chi connectivity index (χ3n) is 7.11. The molecule has 0 bridgehead atoms. The largest absolute Gasteiger partial charge is 0.257 e. The molecule has 0 unspecified atom stereocenters. The van der Waals surface area contributed by atoms with Gasteiger partial charge in [-0.2, -0.15) is 23.3 Å². The summed E-state index contributed by atoms with van der Waals surface area (Å²) >= 11 is 0. The predicted molar refractivity (Wildman–Crippen MR) is 144 cm³/mol. The van der Waals surface area contributed by atoms with Gasteiger partial charge in [-0.05, 0) is 90.5 Å². The maximum atomic E-state index is 4.68. The van der Waals surface area contributed by atoms with Crippen molar-refractivity contribution in [2.75, 3.05) is 0 Å². The molecule has 0 saturated heterocycles. The first kappa shape index (κ1) is 23.5. The monoisotopic (exact) mass is 632 g/mol. The molecule has 6 aromatic rings. The maximum absolute atomic E-state index is 4.68. The molecule has 2 heterocycles. The van der Waals surface area contributed by atoms with Crippen molar-refractivity contribution >= 4 is 27.2 Å². The number of hydrogen-bond donors (Lipinski definition) is 0. The van der Waals surface area contributed by atoms with Crippen LogP contribution in [0.4, 0.5) is 0 Å². The second kappa shape index (κ2) is 8.75. The van der Waals surface area contributed by atoms with Crippen molar-refractivity contribution in [1.82, 2.24) is 9.61 Å². The van der Waals surface area contributed by atoms with Crippen molar-refractivity contribution in [3.05, 3.63) is 107 Å². The molecule has 0 aliphatic rings. The van der Waals surface area contributed by atoms with E-state index in [0.29, 0.717) is 0 Å². The molecule has 0 spiro atoms. The molecule has 0 N–H and O–H groups in total. The van der Waals surface area contributed by atoms with E-state index in [0.717, 1.165) is 11.0 Å². The van der Waals surface area contributed by atoms with Crippen LogP contribution >= 0.6 is 0 Å². The molecular formula is C32H27IrN2-. The molecule has 3 heteroatoms. The third-order valence-corrected chi connectivity index (χ3v) is 7.11. The molecule has 175 valence electrons. The van der Waals surface area contributed by atoms with Gasteiger partial charge >= 0.3 is 0 Å². The van der Waals surface area contributed by atoms with E-state index in [1.165, 1.54) is 66.2 Å². The normalized spacial score (nSPS) is 11.3. The van der Waals surface area contributed by atoms with Crippen LogP contribution in [-0.2, 0) is 20.1 Å². The third kappa shape index (κ3) is 3.62. The van der Waals surface area contributed by atoms with Crippen LogP contribution in [0.5, 0.6) is 0 Å². The summed E-state index contributed by atoms with van der Waals surface area (Å²) in [5, 5.41) is 8.35. The van der Waals surface area contributed by atoms with Crippen LogP contribution in [0.15, 0.2) is 72.9 Å². The summed E-state index contributed by atoms with van der Waals surface area (Å²) in [6.07, 6.45) is 1.89. The summed E-state index contributed by atoms with van der Waals surface area (Å²) in [6.45, 7) is 11.0. The standard InChI is InChI=1S/C32H27N2.Ir/c1-19-16-22(4)31(23(5)17-19)26-10-7-11-29-32(26)27-18-24(30-20(2)8-6-9-21(30)3)12-13-25(27)28-14-15-33-34(28)29;/h6-10,12-18H,1-5H3;/q-1;. The fraction of sp³-hybridized carbons (Fsp3) is 0.156. The molecule has 2 nitrogen and oxygen atoms in total. The van der Waals surface area contributed by atoms with Crippen molar-refractivity contribution in [2.45, 2.75) is 34.6 Å². The van der Waals surface area contributed by atoms with Crippen LogP contribution < -0.4 is 0 Å². The number of aromatic nitrogens is 2. The minimum atomic E-state index is 0. The van der Waals surface area contributed by atoms with E-state index >= 15 is 0 Å². The fourth-order valence-electron chi connectivity index (χ4n) is 5.83. The van der Waals surface area contributed by atoms with Crippen molar-refractivity contribution in [1.29, 1.82) is 0 Å². The van der Waals surface area contributed by atoms with Gasteiger partial charge in [-0.15, -0.1) is 5.56 Å². The minimum Gasteiger partial charge on any atom is -0.257 e. The average molecular weight is 632 g/mol. The van der Waals surface area contributed by atoms with E-state index in [4.69, 9.17) is 0 Å². The van der Waals surface area contributed by atoms with Gasteiger partial charge in [-0.25, -0.2) is 0 Å². The second-order valence-electron chi connectivity index (χ2n) is 9.54. The molecule has 0 atom stereocenters. The zero-order valence-electron chi connectivity index (χ0n) is 20.7. The van der Waals surface area contributed by atoms with Crippen molar-refractivity contribution < 1.29 is 20.1 Å². The summed E-state index contributed by atoms with van der Waals surface area (Å²) in [4.78, 5) is 0. The first-order valence-corrected chi connectivity index (χ1v) is 11.8. The van der Waals surface area contributed by atoms with Crippen LogP contribution in [0.2, 0.25) is 0 Å². The van der Waals surface area contributed by atoms with E-state index in [-0.39, 0.29) is 20.1 Å². The Morgan fingerprint density at radius 3 is 2.14 bits per heavy atom. The predicted octanol–water partition coefficient (Wildman–Crippen LogP) is 8.31. The molecule has 0 fully saturated rings. The second-order valence-corrected chi connectivity index (χ2v) is 9.54. The Labute approximate surface area is 220 Å². The number of benzene rings is 4. The van der Waals surface area contributed by atoms with Gasteiger partial charge in [0, 0.05) is 26.3 Å². The Morgan fingerprint density at radius 2 is 1.43 bits per heavy atom. The van der Waals surface area contributed by atoms with Gasteiger partial charge < -0.3 is 0 Å². The number of aryl methyl sites for hydroxylation is 5. The van der Waals surface area contributed by atoms with Gasteiger partial charge in [0.25, 0.3) is 0 Å². The van der Waals surface area contributed by atoms with Crippen LogP contribution in [0, 0.1) is 40.7 Å². The Bertz CT molecular complexity index is 1710. The van der Waals surface area contributed by atoms with Crippen LogP contribution in [0.1, 0.15) is 27.8 Å². The Morgan fingerprint density at radius 1 is 0.714 bits per heavy atom. The average Bonchev–Trinajstić information content (AvgIpc) is 3.29. The number of pyridine rings is 1. The van der Waals surface area contributed by atoms with E-state index < -0.39 is 0 Å². The first-order chi connectivity index (χ1) is 16.4. The molecule has 0 aliphatic heterocycles. The van der Waals surface area contributed by atoms with E-state index in [9.17, 15) is 0 Å². The smallest absolute Gasteiger partial charge is 0.0711 e. The Kier molecular flexibility index (Phi) is 5.87. The van der Waals surface area contributed by atoms with Gasteiger partial charge in [-0.1, -0.05) is 64.9 Å². The quantitative estimate of drug-likeness (QED) is 0.139. The summed E-state index contributed by atoms with van der Waals surface area (Å²) in [5.41, 5.74) is 13.7. The van der Waals surface area contributed by atoms with Gasteiger partial charge in [0.15, 0.2) is 0 Å². The summed E-state index contributed by atoms with van der Waals surface area (Å²) in [7, 11) is 0. The van der Waals surface area contributed by atoms with E-state index in [2.05, 4.69) is 106 Å². The number of nitrogens with zero attached hydrogens (tertiary/aromatic N) is 2. The van der Waals surface area contributed by atoms with E-state index in [1.54, 1.807) is 0 Å². The molecule has 0 amide bonds. The Balaban J connectivity index is 0.00000253. The molecule has 2 aromatic heterocycles. The fourth-order valence-corrected chi connectivity index (χ4v) is 5.83. The van der Waals surface area contributed by atoms with Crippen molar-refractivity contribution in [2.24, 2.45) is 0 Å². The first-order valence-electron chi connectivity index (χ1n) is 11.8. The maximum Gasteiger partial charge on any atom is 0.0711 e. The summed E-state index contributed by atoms with van der Waals surface area (Å²) in [5.74, 6) is 0. The molecule has 0 aliphatic carbocycles. The van der Waals surface area contributed by atoms with Crippen molar-refractivity contribution in [3.63, 3.8) is 0 Å². The molecule has 0 saturated carbocycles. The van der Waals surface area contributed by atoms with Crippen LogP contribution in [0.3, 0.4) is 0 Å². The number of fused-ring (bicyclic) bond motifs is 6. The topological polar surface area (TPSA) is 17.3 Å². The summed E-state index contributed by atoms with van der Waals surface area (Å²) in [6, 6.07) is 27.8. The molecular weight excluding hydrogens is 605 g/mol. The number of hydrogen-bond acceptors (Lipinski definition) is 1. The molecule has 1 radical (unpaired) electrons. The SMILES string of the molecule is Cc1cc(C)c(-c2cc[c-]c3c2c2cc(-c4c(C)cccc4C)ccc2c2ccnn32)c(C)c1.[Ir]. The van der Waals surface area contributed by atoms with E-state index in [1.807, 2.05) is 16.8 Å². The van der Waals surface area contributed by atoms with Crippen LogP contribution in [0.25, 0.3) is 49.4 Å². The zero-order valence-corrected chi connectivity index (χ0v) is 23.1. The molecule has 6 rings (SSSR count). The van der Waals surface area contributed by atoms with Gasteiger partial charge in [0.2, 0.25) is 0 Å². The molecule has 4 aromatic carbocycles. The van der Waals surface area contributed by atoms with Crippen LogP contribution in [-0.4, -0.2) is 9.61 Å².